The molecular weight excluding hydrogens is 183 g/mol. The Labute approximate surface area is 65.2 Å². The predicted molar refractivity (Wildman–Crippen MR) is 30.5 cm³/mol. The Morgan fingerprint density at radius 2 is 0.833 bits per heavy atom. The molecule has 1 saturated carbocycles. The molecule has 1 N–H and O–H groups in total. The summed E-state index contributed by atoms with van der Waals surface area (Å²) in [6, 6.07) is 0. The molecule has 0 aromatic rings. The number of aliphatic hydroxyl groups is 1. The van der Waals surface area contributed by atoms with Crippen molar-refractivity contribution in [3.63, 3.8) is 0 Å². The summed E-state index contributed by atoms with van der Waals surface area (Å²) in [6.45, 7) is 0. The van der Waals surface area contributed by atoms with E-state index < -0.39 is 37.0 Å². The van der Waals surface area contributed by atoms with Crippen molar-refractivity contribution >= 4 is 0 Å². The lowest BCUT2D eigenvalue weighted by Gasteiger charge is -2.33. The smallest absolute Gasteiger partial charge is 0.168 e. The minimum Gasteiger partial charge on any atom is -0.387 e. The standard InChI is InChI=1S/C6H7F5O/c7-1-2(8)4(10)6(12)5(11)3(1)9/h1-6,12H/t1?,2?,3?,4-,5?,6?/m1/s1. The van der Waals surface area contributed by atoms with E-state index in [1.807, 2.05) is 0 Å². The molecule has 12 heavy (non-hydrogen) atoms. The van der Waals surface area contributed by atoms with Gasteiger partial charge in [-0.15, -0.1) is 0 Å². The molecule has 1 fully saturated rings. The topological polar surface area (TPSA) is 20.2 Å². The third kappa shape index (κ3) is 1.28. The molecule has 0 aliphatic heterocycles. The Morgan fingerprint density at radius 3 is 1.17 bits per heavy atom. The van der Waals surface area contributed by atoms with Crippen LogP contribution in [0.4, 0.5) is 22.0 Å². The second-order valence-corrected chi connectivity index (χ2v) is 2.71. The second kappa shape index (κ2) is 3.16. The van der Waals surface area contributed by atoms with Gasteiger partial charge in [-0.05, 0) is 0 Å². The average Bonchev–Trinajstić information content (AvgIpc) is 2.08. The first-order valence-electron chi connectivity index (χ1n) is 3.35. The van der Waals surface area contributed by atoms with Crippen LogP contribution in [-0.4, -0.2) is 42.1 Å². The zero-order valence-electron chi connectivity index (χ0n) is 5.80. The van der Waals surface area contributed by atoms with E-state index in [9.17, 15) is 22.0 Å². The molecule has 1 aliphatic carbocycles. The fourth-order valence-corrected chi connectivity index (χ4v) is 1.08. The van der Waals surface area contributed by atoms with Gasteiger partial charge in [0.25, 0.3) is 0 Å². The molecule has 0 saturated heterocycles. The van der Waals surface area contributed by atoms with Crippen molar-refractivity contribution in [2.75, 3.05) is 0 Å². The molecule has 72 valence electrons. The summed E-state index contributed by atoms with van der Waals surface area (Å²) in [4.78, 5) is 0. The maximum absolute atomic E-state index is 12.4. The van der Waals surface area contributed by atoms with Gasteiger partial charge >= 0.3 is 0 Å². The summed E-state index contributed by atoms with van der Waals surface area (Å²) in [5, 5.41) is 8.51. The third-order valence-electron chi connectivity index (χ3n) is 1.87. The first-order chi connectivity index (χ1) is 5.46. The highest BCUT2D eigenvalue weighted by Gasteiger charge is 2.52. The highest BCUT2D eigenvalue weighted by molar-refractivity contribution is 4.99. The molecule has 1 nitrogen and oxygen atoms in total. The number of hydrogen-bond acceptors (Lipinski definition) is 1. The molecule has 1 aliphatic rings. The second-order valence-electron chi connectivity index (χ2n) is 2.71. The Hall–Kier alpha value is -0.390. The van der Waals surface area contributed by atoms with E-state index in [-0.39, 0.29) is 0 Å². The van der Waals surface area contributed by atoms with E-state index in [1.165, 1.54) is 0 Å². The summed E-state index contributed by atoms with van der Waals surface area (Å²) >= 11 is 0. The largest absolute Gasteiger partial charge is 0.387 e. The molecule has 0 bridgehead atoms. The number of alkyl halides is 5. The van der Waals surface area contributed by atoms with Crippen LogP contribution >= 0.6 is 0 Å². The van der Waals surface area contributed by atoms with E-state index in [1.54, 1.807) is 0 Å². The fraction of sp³-hybridized carbons (Fsp3) is 1.00. The van der Waals surface area contributed by atoms with Crippen LogP contribution < -0.4 is 0 Å². The Morgan fingerprint density at radius 1 is 0.583 bits per heavy atom. The zero-order chi connectivity index (χ0) is 9.46. The third-order valence-corrected chi connectivity index (χ3v) is 1.87. The van der Waals surface area contributed by atoms with Gasteiger partial charge in [-0.1, -0.05) is 0 Å². The van der Waals surface area contributed by atoms with Gasteiger partial charge in [0.15, 0.2) is 30.9 Å². The molecule has 5 unspecified atom stereocenters. The quantitative estimate of drug-likeness (QED) is 0.566. The van der Waals surface area contributed by atoms with Crippen molar-refractivity contribution in [2.45, 2.75) is 37.0 Å². The summed E-state index contributed by atoms with van der Waals surface area (Å²) in [7, 11) is 0. The Balaban J connectivity index is 2.76. The number of hydrogen-bond donors (Lipinski definition) is 1. The van der Waals surface area contributed by atoms with Gasteiger partial charge in [0, 0.05) is 0 Å². The van der Waals surface area contributed by atoms with E-state index in [0.29, 0.717) is 0 Å². The number of rotatable bonds is 0. The van der Waals surface area contributed by atoms with Crippen molar-refractivity contribution < 1.29 is 27.1 Å². The summed E-state index contributed by atoms with van der Waals surface area (Å²) in [5.41, 5.74) is 0. The minimum absolute atomic E-state index is 2.41. The first-order valence-corrected chi connectivity index (χ1v) is 3.35. The van der Waals surface area contributed by atoms with Gasteiger partial charge in [-0.2, -0.15) is 0 Å². The highest BCUT2D eigenvalue weighted by atomic mass is 19.2. The van der Waals surface area contributed by atoms with Crippen molar-refractivity contribution in [1.29, 1.82) is 0 Å². The molecule has 6 atom stereocenters. The molecule has 0 radical (unpaired) electrons. The normalized spacial score (nSPS) is 55.5. The van der Waals surface area contributed by atoms with E-state index in [2.05, 4.69) is 0 Å². The van der Waals surface area contributed by atoms with Crippen LogP contribution in [-0.2, 0) is 0 Å². The maximum Gasteiger partial charge on any atom is 0.168 e. The van der Waals surface area contributed by atoms with Gasteiger partial charge in [0.05, 0.1) is 0 Å². The summed E-state index contributed by atoms with van der Waals surface area (Å²) < 4.78 is 61.7. The molecule has 0 heterocycles. The molecule has 6 heteroatoms. The van der Waals surface area contributed by atoms with Crippen LogP contribution in [0.1, 0.15) is 0 Å². The van der Waals surface area contributed by atoms with Crippen LogP contribution in [0.25, 0.3) is 0 Å². The highest BCUT2D eigenvalue weighted by Crippen LogP contribution is 2.31. The fourth-order valence-electron chi connectivity index (χ4n) is 1.08. The zero-order valence-corrected chi connectivity index (χ0v) is 5.80. The Kier molecular flexibility index (Phi) is 2.55. The lowest BCUT2D eigenvalue weighted by Crippen LogP contribution is -2.56. The minimum atomic E-state index is -2.83. The molecule has 0 amide bonds. The summed E-state index contributed by atoms with van der Waals surface area (Å²) in [5.74, 6) is 0. The average molecular weight is 190 g/mol. The van der Waals surface area contributed by atoms with Gasteiger partial charge < -0.3 is 5.11 Å². The van der Waals surface area contributed by atoms with Gasteiger partial charge in [0.1, 0.15) is 6.10 Å². The van der Waals surface area contributed by atoms with Crippen molar-refractivity contribution in [3.8, 4) is 0 Å². The van der Waals surface area contributed by atoms with Crippen LogP contribution in [0.15, 0.2) is 0 Å². The summed E-state index contributed by atoms with van der Waals surface area (Å²) in [6.07, 6.45) is -16.2. The van der Waals surface area contributed by atoms with Crippen molar-refractivity contribution in [1.82, 2.24) is 0 Å². The van der Waals surface area contributed by atoms with Crippen LogP contribution in [0.3, 0.4) is 0 Å². The molecule has 0 aromatic heterocycles. The molecule has 0 spiro atoms. The number of aliphatic hydroxyl groups excluding tert-OH is 1. The van der Waals surface area contributed by atoms with E-state index in [0.717, 1.165) is 0 Å². The van der Waals surface area contributed by atoms with E-state index >= 15 is 0 Å². The monoisotopic (exact) mass is 190 g/mol. The molecule has 1 rings (SSSR count). The van der Waals surface area contributed by atoms with Gasteiger partial charge in [0.2, 0.25) is 0 Å². The lowest BCUT2D eigenvalue weighted by molar-refractivity contribution is -0.124. The van der Waals surface area contributed by atoms with Crippen molar-refractivity contribution in [3.05, 3.63) is 0 Å². The lowest BCUT2D eigenvalue weighted by atomic mass is 9.89. The van der Waals surface area contributed by atoms with Crippen LogP contribution in [0.2, 0.25) is 0 Å². The first kappa shape index (κ1) is 9.70. The predicted octanol–water partition coefficient (Wildman–Crippen LogP) is 1.05. The molecule has 0 aromatic carbocycles. The number of halogens is 5. The molecular formula is C6H7F5O. The van der Waals surface area contributed by atoms with Crippen LogP contribution in [0, 0.1) is 0 Å². The van der Waals surface area contributed by atoms with Crippen molar-refractivity contribution in [2.24, 2.45) is 0 Å². The maximum atomic E-state index is 12.4. The van der Waals surface area contributed by atoms with E-state index in [4.69, 9.17) is 5.11 Å². The van der Waals surface area contributed by atoms with Gasteiger partial charge in [-0.25, -0.2) is 22.0 Å². The Bertz CT molecular complexity index is 107. The van der Waals surface area contributed by atoms with Gasteiger partial charge in [-0.3, -0.25) is 0 Å². The SMILES string of the molecule is OC1C(F)C(F)C(F)C(F)[C@H]1F. The van der Waals surface area contributed by atoms with Crippen LogP contribution in [0.5, 0.6) is 0 Å².